The summed E-state index contributed by atoms with van der Waals surface area (Å²) < 4.78 is 1.87. The van der Waals surface area contributed by atoms with Crippen molar-refractivity contribution in [1.29, 1.82) is 0 Å². The number of amides is 1. The van der Waals surface area contributed by atoms with Gasteiger partial charge in [-0.05, 0) is 58.0 Å². The van der Waals surface area contributed by atoms with Gasteiger partial charge in [0.05, 0.1) is 40.4 Å². The highest BCUT2D eigenvalue weighted by Gasteiger charge is 2.18. The molecule has 4 rings (SSSR count). The Morgan fingerprint density at radius 1 is 1.07 bits per heavy atom. The van der Waals surface area contributed by atoms with Crippen LogP contribution in [-0.4, -0.2) is 25.7 Å². The van der Waals surface area contributed by atoms with Crippen LogP contribution in [0.4, 0.5) is 5.69 Å². The van der Waals surface area contributed by atoms with E-state index in [0.717, 1.165) is 44.9 Å². The Kier molecular flexibility index (Phi) is 4.84. The molecule has 6 heteroatoms. The van der Waals surface area contributed by atoms with Crippen molar-refractivity contribution >= 4 is 22.5 Å². The maximum absolute atomic E-state index is 13.2. The largest absolute Gasteiger partial charge is 0.319 e. The first-order valence-electron chi connectivity index (χ1n) is 9.55. The van der Waals surface area contributed by atoms with Crippen LogP contribution in [0.1, 0.15) is 38.7 Å². The van der Waals surface area contributed by atoms with Gasteiger partial charge in [0, 0.05) is 17.3 Å². The van der Waals surface area contributed by atoms with Gasteiger partial charge in [0.25, 0.3) is 5.91 Å². The number of hydrogen-bond acceptors (Lipinski definition) is 4. The number of nitrogens with zero attached hydrogens (tertiary/aromatic N) is 4. The Hall–Kier alpha value is -3.54. The van der Waals surface area contributed by atoms with Gasteiger partial charge < -0.3 is 5.32 Å². The molecule has 3 heterocycles. The molecule has 29 heavy (non-hydrogen) atoms. The Bertz CT molecular complexity index is 1210. The van der Waals surface area contributed by atoms with Gasteiger partial charge >= 0.3 is 0 Å². The number of carbonyl (C=O) groups excluding carboxylic acids is 1. The lowest BCUT2D eigenvalue weighted by atomic mass is 10.0. The molecule has 1 aromatic carbocycles. The van der Waals surface area contributed by atoms with E-state index in [9.17, 15) is 4.79 Å². The summed E-state index contributed by atoms with van der Waals surface area (Å²) in [7, 11) is 0. The van der Waals surface area contributed by atoms with Crippen molar-refractivity contribution < 1.29 is 4.79 Å². The summed E-state index contributed by atoms with van der Waals surface area (Å²) in [6.45, 7) is 8.32. The first-order valence-corrected chi connectivity index (χ1v) is 9.55. The second kappa shape index (κ2) is 7.47. The van der Waals surface area contributed by atoms with Gasteiger partial charge in [0.1, 0.15) is 0 Å². The molecule has 4 aromatic rings. The maximum atomic E-state index is 13.2. The van der Waals surface area contributed by atoms with Crippen molar-refractivity contribution in [1.82, 2.24) is 19.7 Å². The molecular weight excluding hydrogens is 362 g/mol. The highest BCUT2D eigenvalue weighted by atomic mass is 16.1. The van der Waals surface area contributed by atoms with Gasteiger partial charge in [-0.1, -0.05) is 17.7 Å². The minimum Gasteiger partial charge on any atom is -0.319 e. The number of nitrogens with one attached hydrogen (secondary N) is 1. The Labute approximate surface area is 169 Å². The Morgan fingerprint density at radius 3 is 2.66 bits per heavy atom. The molecule has 0 radical (unpaired) electrons. The molecule has 6 nitrogen and oxygen atoms in total. The number of pyridine rings is 2. The highest BCUT2D eigenvalue weighted by molar-refractivity contribution is 6.12. The normalized spacial score (nSPS) is 11.0. The van der Waals surface area contributed by atoms with Crippen molar-refractivity contribution in [3.63, 3.8) is 0 Å². The number of carbonyl (C=O) groups is 1. The Balaban J connectivity index is 1.67. The van der Waals surface area contributed by atoms with E-state index in [0.29, 0.717) is 12.1 Å². The van der Waals surface area contributed by atoms with Crippen LogP contribution < -0.4 is 5.32 Å². The first-order chi connectivity index (χ1) is 13.9. The first kappa shape index (κ1) is 18.8. The van der Waals surface area contributed by atoms with Gasteiger partial charge in [-0.3, -0.25) is 19.4 Å². The van der Waals surface area contributed by atoms with Crippen molar-refractivity contribution in [2.45, 2.75) is 34.2 Å². The van der Waals surface area contributed by atoms with Crippen molar-refractivity contribution in [2.75, 3.05) is 5.32 Å². The summed E-state index contributed by atoms with van der Waals surface area (Å²) in [5.74, 6) is -0.158. The smallest absolute Gasteiger partial charge is 0.256 e. The summed E-state index contributed by atoms with van der Waals surface area (Å²) in [5.41, 5.74) is 6.67. The van der Waals surface area contributed by atoms with E-state index in [2.05, 4.69) is 20.4 Å². The molecule has 1 N–H and O–H groups in total. The quantitative estimate of drug-likeness (QED) is 0.566. The topological polar surface area (TPSA) is 72.7 Å². The zero-order valence-corrected chi connectivity index (χ0v) is 17.0. The molecule has 0 unspecified atom stereocenters. The van der Waals surface area contributed by atoms with Gasteiger partial charge in [-0.25, -0.2) is 0 Å². The van der Waals surface area contributed by atoms with E-state index in [1.807, 2.05) is 74.8 Å². The average molecular weight is 385 g/mol. The van der Waals surface area contributed by atoms with E-state index >= 15 is 0 Å². The molecule has 146 valence electrons. The molecule has 0 saturated carbocycles. The predicted octanol–water partition coefficient (Wildman–Crippen LogP) is 4.36. The molecule has 1 amide bonds. The average Bonchev–Trinajstić information content (AvgIpc) is 2.96. The summed E-state index contributed by atoms with van der Waals surface area (Å²) in [5, 5.41) is 8.52. The highest BCUT2D eigenvalue weighted by Crippen LogP contribution is 2.24. The third-order valence-electron chi connectivity index (χ3n) is 4.99. The number of benzene rings is 1. The molecule has 0 bridgehead atoms. The lowest BCUT2D eigenvalue weighted by Gasteiger charge is -2.10. The van der Waals surface area contributed by atoms with Crippen LogP contribution in [0, 0.1) is 27.7 Å². The number of aryl methyl sites for hydroxylation is 3. The van der Waals surface area contributed by atoms with E-state index in [4.69, 9.17) is 0 Å². The minimum absolute atomic E-state index is 0.158. The lowest BCUT2D eigenvalue weighted by molar-refractivity contribution is 0.102. The summed E-state index contributed by atoms with van der Waals surface area (Å²) in [6, 6.07) is 13.6. The Morgan fingerprint density at radius 2 is 1.90 bits per heavy atom. The van der Waals surface area contributed by atoms with Crippen LogP contribution in [0.2, 0.25) is 0 Å². The van der Waals surface area contributed by atoms with Crippen molar-refractivity contribution in [3.05, 3.63) is 82.6 Å². The molecule has 3 aromatic heterocycles. The summed E-state index contributed by atoms with van der Waals surface area (Å²) in [4.78, 5) is 22.1. The maximum Gasteiger partial charge on any atom is 0.256 e. The predicted molar refractivity (Wildman–Crippen MR) is 114 cm³/mol. The molecule has 0 aliphatic carbocycles. The minimum atomic E-state index is -0.158. The van der Waals surface area contributed by atoms with Crippen molar-refractivity contribution in [3.8, 4) is 0 Å². The molecule has 0 saturated heterocycles. The zero-order chi connectivity index (χ0) is 20.5. The third-order valence-corrected chi connectivity index (χ3v) is 4.99. The van der Waals surface area contributed by atoms with Crippen LogP contribution in [0.5, 0.6) is 0 Å². The second-order valence-electron chi connectivity index (χ2n) is 7.31. The third kappa shape index (κ3) is 3.74. The van der Waals surface area contributed by atoms with E-state index in [1.54, 1.807) is 6.20 Å². The summed E-state index contributed by atoms with van der Waals surface area (Å²) >= 11 is 0. The van der Waals surface area contributed by atoms with Crippen LogP contribution in [0.15, 0.2) is 48.7 Å². The van der Waals surface area contributed by atoms with E-state index in [1.165, 1.54) is 0 Å². The second-order valence-corrected chi connectivity index (χ2v) is 7.31. The zero-order valence-electron chi connectivity index (χ0n) is 17.0. The van der Waals surface area contributed by atoms with Crippen molar-refractivity contribution in [2.24, 2.45) is 0 Å². The van der Waals surface area contributed by atoms with Crippen LogP contribution in [-0.2, 0) is 6.54 Å². The number of anilines is 1. The lowest BCUT2D eigenvalue weighted by Crippen LogP contribution is -2.14. The van der Waals surface area contributed by atoms with Crippen LogP contribution in [0.25, 0.3) is 10.9 Å². The van der Waals surface area contributed by atoms with Gasteiger partial charge in [0.2, 0.25) is 0 Å². The van der Waals surface area contributed by atoms with Gasteiger partial charge in [-0.2, -0.15) is 5.10 Å². The number of aromatic nitrogens is 4. The molecule has 0 atom stereocenters. The number of rotatable bonds is 4. The fourth-order valence-corrected chi connectivity index (χ4v) is 3.52. The monoisotopic (exact) mass is 385 g/mol. The molecule has 0 aliphatic heterocycles. The van der Waals surface area contributed by atoms with E-state index < -0.39 is 0 Å². The molecule has 0 spiro atoms. The fraction of sp³-hybridized carbons (Fsp3) is 0.217. The van der Waals surface area contributed by atoms with Gasteiger partial charge in [0.15, 0.2) is 0 Å². The SMILES string of the molecule is Cc1ccc2nc(C)cc(C(=O)Nc3c(C)nn(Cc4ccccn4)c3C)c2c1. The van der Waals surface area contributed by atoms with Crippen LogP contribution in [0.3, 0.4) is 0 Å². The van der Waals surface area contributed by atoms with Gasteiger partial charge in [-0.15, -0.1) is 0 Å². The summed E-state index contributed by atoms with van der Waals surface area (Å²) in [6.07, 6.45) is 1.77. The van der Waals surface area contributed by atoms with E-state index in [-0.39, 0.29) is 5.91 Å². The molecule has 0 aliphatic rings. The number of hydrogen-bond donors (Lipinski definition) is 1. The number of fused-ring (bicyclic) bond motifs is 1. The fourth-order valence-electron chi connectivity index (χ4n) is 3.52. The molecule has 0 fully saturated rings. The standard InChI is InChI=1S/C23H23N5O/c1-14-8-9-21-19(11-14)20(12-15(2)25-21)23(29)26-22-16(3)27-28(17(22)4)13-18-7-5-6-10-24-18/h5-12H,13H2,1-4H3,(H,26,29). The van der Waals surface area contributed by atoms with Crippen LogP contribution >= 0.6 is 0 Å². The molecular formula is C23H23N5O.